The molecule has 0 saturated heterocycles. The molecule has 0 aliphatic carbocycles. The molecular weight excluding hydrogens is 232 g/mol. The molecule has 0 amide bonds. The smallest absolute Gasteiger partial charge is 0.0896 e. The van der Waals surface area contributed by atoms with Crippen LogP contribution in [0.5, 0.6) is 0 Å². The van der Waals surface area contributed by atoms with E-state index in [0.717, 1.165) is 16.8 Å². The highest BCUT2D eigenvalue weighted by Gasteiger charge is 2.24. The summed E-state index contributed by atoms with van der Waals surface area (Å²) in [5.74, 6) is -0.149. The van der Waals surface area contributed by atoms with Crippen molar-refractivity contribution in [3.63, 3.8) is 0 Å². The SMILES string of the molecule is Cc1cscc1C(O)C(CN)c1ccccn1. The van der Waals surface area contributed by atoms with Crippen molar-refractivity contribution in [1.82, 2.24) is 4.98 Å². The maximum Gasteiger partial charge on any atom is 0.0896 e. The van der Waals surface area contributed by atoms with Crippen LogP contribution < -0.4 is 5.73 Å². The third kappa shape index (κ3) is 2.54. The van der Waals surface area contributed by atoms with E-state index in [2.05, 4.69) is 4.98 Å². The number of aromatic nitrogens is 1. The predicted octanol–water partition coefficient (Wildman–Crippen LogP) is 2.23. The fourth-order valence-corrected chi connectivity index (χ4v) is 2.78. The summed E-state index contributed by atoms with van der Waals surface area (Å²) in [5, 5.41) is 14.4. The number of hydrogen-bond donors (Lipinski definition) is 2. The Kier molecular flexibility index (Phi) is 3.89. The molecule has 3 N–H and O–H groups in total. The van der Waals surface area contributed by atoms with E-state index in [1.54, 1.807) is 17.5 Å². The van der Waals surface area contributed by atoms with Crippen molar-refractivity contribution >= 4 is 11.3 Å². The fourth-order valence-electron chi connectivity index (χ4n) is 1.90. The molecule has 2 heterocycles. The molecular formula is C13H16N2OS. The quantitative estimate of drug-likeness (QED) is 0.872. The standard InChI is InChI=1S/C13H16N2OS/c1-9-7-17-8-11(9)13(16)10(6-14)12-4-2-3-5-15-12/h2-5,7-8,10,13,16H,6,14H2,1H3. The van der Waals surface area contributed by atoms with E-state index in [9.17, 15) is 5.11 Å². The zero-order chi connectivity index (χ0) is 12.3. The first-order valence-corrected chi connectivity index (χ1v) is 6.50. The average molecular weight is 248 g/mol. The van der Waals surface area contributed by atoms with Gasteiger partial charge in [0.05, 0.1) is 6.10 Å². The lowest BCUT2D eigenvalue weighted by Crippen LogP contribution is -2.21. The number of rotatable bonds is 4. The molecule has 0 aliphatic heterocycles. The summed E-state index contributed by atoms with van der Waals surface area (Å²) in [7, 11) is 0. The normalized spacial score (nSPS) is 14.5. The van der Waals surface area contributed by atoms with Crippen LogP contribution in [0.4, 0.5) is 0 Å². The molecule has 0 aromatic carbocycles. The third-order valence-electron chi connectivity index (χ3n) is 2.92. The lowest BCUT2D eigenvalue weighted by atomic mass is 9.92. The Hall–Kier alpha value is -1.23. The number of aliphatic hydroxyl groups is 1. The highest BCUT2D eigenvalue weighted by Crippen LogP contribution is 2.32. The van der Waals surface area contributed by atoms with Crippen molar-refractivity contribution in [2.24, 2.45) is 5.73 Å². The Bertz CT molecular complexity index is 469. The van der Waals surface area contributed by atoms with Crippen molar-refractivity contribution < 1.29 is 5.11 Å². The van der Waals surface area contributed by atoms with Gasteiger partial charge in [-0.1, -0.05) is 6.07 Å². The molecule has 3 nitrogen and oxygen atoms in total. The first kappa shape index (κ1) is 12.2. The van der Waals surface area contributed by atoms with Crippen LogP contribution in [0.1, 0.15) is 28.8 Å². The van der Waals surface area contributed by atoms with Crippen LogP contribution in [-0.2, 0) is 0 Å². The zero-order valence-corrected chi connectivity index (χ0v) is 10.5. The van der Waals surface area contributed by atoms with Gasteiger partial charge in [0.15, 0.2) is 0 Å². The number of hydrogen-bond acceptors (Lipinski definition) is 4. The van der Waals surface area contributed by atoms with Gasteiger partial charge >= 0.3 is 0 Å². The maximum atomic E-state index is 10.4. The number of nitrogens with zero attached hydrogens (tertiary/aromatic N) is 1. The third-order valence-corrected chi connectivity index (χ3v) is 3.80. The summed E-state index contributed by atoms with van der Waals surface area (Å²) in [4.78, 5) is 4.27. The zero-order valence-electron chi connectivity index (χ0n) is 9.71. The van der Waals surface area contributed by atoms with Gasteiger partial charge in [-0.15, -0.1) is 0 Å². The molecule has 2 aromatic heterocycles. The molecule has 0 spiro atoms. The van der Waals surface area contributed by atoms with E-state index < -0.39 is 6.10 Å². The van der Waals surface area contributed by atoms with E-state index >= 15 is 0 Å². The van der Waals surface area contributed by atoms with Crippen molar-refractivity contribution in [3.05, 3.63) is 52.0 Å². The van der Waals surface area contributed by atoms with Gasteiger partial charge in [0.25, 0.3) is 0 Å². The molecule has 0 radical (unpaired) electrons. The highest BCUT2D eigenvalue weighted by molar-refractivity contribution is 7.08. The molecule has 2 unspecified atom stereocenters. The summed E-state index contributed by atoms with van der Waals surface area (Å²) in [6.07, 6.45) is 1.15. The predicted molar refractivity (Wildman–Crippen MR) is 70.0 cm³/mol. The van der Waals surface area contributed by atoms with E-state index in [0.29, 0.717) is 6.54 Å². The Morgan fingerprint density at radius 2 is 2.24 bits per heavy atom. The van der Waals surface area contributed by atoms with Crippen LogP contribution >= 0.6 is 11.3 Å². The lowest BCUT2D eigenvalue weighted by Gasteiger charge is -2.21. The molecule has 4 heteroatoms. The van der Waals surface area contributed by atoms with Crippen molar-refractivity contribution in [1.29, 1.82) is 0 Å². The first-order chi connectivity index (χ1) is 8.24. The molecule has 0 saturated carbocycles. The fraction of sp³-hybridized carbons (Fsp3) is 0.308. The van der Waals surface area contributed by atoms with Crippen molar-refractivity contribution in [2.45, 2.75) is 18.9 Å². The maximum absolute atomic E-state index is 10.4. The Balaban J connectivity index is 2.28. The van der Waals surface area contributed by atoms with Crippen LogP contribution in [0.3, 0.4) is 0 Å². The van der Waals surface area contributed by atoms with Gasteiger partial charge in [-0.3, -0.25) is 4.98 Å². The summed E-state index contributed by atoms with van der Waals surface area (Å²) < 4.78 is 0. The van der Waals surface area contributed by atoms with E-state index in [-0.39, 0.29) is 5.92 Å². The minimum atomic E-state index is -0.582. The van der Waals surface area contributed by atoms with Gasteiger partial charge in [0.1, 0.15) is 0 Å². The van der Waals surface area contributed by atoms with Gasteiger partial charge in [-0.25, -0.2) is 0 Å². The van der Waals surface area contributed by atoms with E-state index in [1.165, 1.54) is 0 Å². The van der Waals surface area contributed by atoms with Crippen LogP contribution in [0.2, 0.25) is 0 Å². The Morgan fingerprint density at radius 3 is 2.76 bits per heavy atom. The molecule has 2 aromatic rings. The second-order valence-electron chi connectivity index (χ2n) is 4.05. The summed E-state index contributed by atoms with van der Waals surface area (Å²) in [6.45, 7) is 2.38. The number of pyridine rings is 1. The van der Waals surface area contributed by atoms with Gasteiger partial charge in [-0.2, -0.15) is 11.3 Å². The van der Waals surface area contributed by atoms with E-state index in [1.807, 2.05) is 35.9 Å². The van der Waals surface area contributed by atoms with Crippen LogP contribution in [-0.4, -0.2) is 16.6 Å². The van der Waals surface area contributed by atoms with E-state index in [4.69, 9.17) is 5.73 Å². The van der Waals surface area contributed by atoms with Crippen molar-refractivity contribution in [3.8, 4) is 0 Å². The minimum Gasteiger partial charge on any atom is -0.388 e. The Labute approximate surface area is 105 Å². The van der Waals surface area contributed by atoms with Gasteiger partial charge < -0.3 is 10.8 Å². The number of nitrogens with two attached hydrogens (primary N) is 1. The summed E-state index contributed by atoms with van der Waals surface area (Å²) in [6, 6.07) is 5.68. The first-order valence-electron chi connectivity index (χ1n) is 5.55. The Morgan fingerprint density at radius 1 is 1.41 bits per heavy atom. The topological polar surface area (TPSA) is 59.1 Å². The molecule has 17 heavy (non-hydrogen) atoms. The van der Waals surface area contributed by atoms with Gasteiger partial charge in [-0.05, 0) is 40.9 Å². The minimum absolute atomic E-state index is 0.149. The monoisotopic (exact) mass is 248 g/mol. The number of aryl methyl sites for hydroxylation is 1. The second-order valence-corrected chi connectivity index (χ2v) is 4.80. The molecule has 0 aliphatic rings. The average Bonchev–Trinajstić information content (AvgIpc) is 2.77. The lowest BCUT2D eigenvalue weighted by molar-refractivity contribution is 0.145. The highest BCUT2D eigenvalue weighted by atomic mass is 32.1. The van der Waals surface area contributed by atoms with Gasteiger partial charge in [0, 0.05) is 24.4 Å². The molecule has 90 valence electrons. The van der Waals surface area contributed by atoms with Crippen molar-refractivity contribution in [2.75, 3.05) is 6.54 Å². The number of thiophene rings is 1. The number of aliphatic hydroxyl groups excluding tert-OH is 1. The largest absolute Gasteiger partial charge is 0.388 e. The summed E-state index contributed by atoms with van der Waals surface area (Å²) in [5.41, 5.74) is 8.67. The molecule has 2 atom stereocenters. The van der Waals surface area contributed by atoms with Crippen LogP contribution in [0, 0.1) is 6.92 Å². The van der Waals surface area contributed by atoms with Crippen LogP contribution in [0.25, 0.3) is 0 Å². The second kappa shape index (κ2) is 5.40. The molecule has 2 rings (SSSR count). The van der Waals surface area contributed by atoms with Gasteiger partial charge in [0.2, 0.25) is 0 Å². The molecule has 0 fully saturated rings. The van der Waals surface area contributed by atoms with Crippen LogP contribution in [0.15, 0.2) is 35.2 Å². The molecule has 0 bridgehead atoms. The summed E-state index contributed by atoms with van der Waals surface area (Å²) >= 11 is 1.60.